The highest BCUT2D eigenvalue weighted by atomic mass is 19.4. The Morgan fingerprint density at radius 3 is 1.88 bits per heavy atom. The van der Waals surface area contributed by atoms with Gasteiger partial charge in [0.1, 0.15) is 5.56 Å². The number of nitrogens with two attached hydrogens (primary N) is 1. The highest BCUT2D eigenvalue weighted by Gasteiger charge is 2.42. The molecule has 0 aromatic heterocycles. The Labute approximate surface area is 91.0 Å². The molecule has 1 rings (SSSR count). The molecule has 0 saturated heterocycles. The number of anilines is 1. The maximum atomic E-state index is 13.3. The molecule has 8 heteroatoms. The fourth-order valence-electron chi connectivity index (χ4n) is 1.27. The monoisotopic (exact) mass is 257 g/mol. The average molecular weight is 257 g/mol. The highest BCUT2D eigenvalue weighted by Crippen LogP contribution is 2.38. The largest absolute Gasteiger partial charge is 0.422 e. The quantitative estimate of drug-likeness (QED) is 0.364. The van der Waals surface area contributed by atoms with Crippen LogP contribution >= 0.6 is 0 Å². The number of hydrogen-bond donors (Lipinski definition) is 1. The Kier molecular flexibility index (Phi) is 3.09. The normalized spacial score (nSPS) is 11.7. The van der Waals surface area contributed by atoms with E-state index in [0.29, 0.717) is 6.92 Å². The highest BCUT2D eigenvalue weighted by molar-refractivity contribution is 5.99. The van der Waals surface area contributed by atoms with Crippen molar-refractivity contribution < 1.29 is 31.1 Å². The van der Waals surface area contributed by atoms with Crippen molar-refractivity contribution in [1.82, 2.24) is 0 Å². The van der Waals surface area contributed by atoms with E-state index < -0.39 is 46.2 Å². The van der Waals surface area contributed by atoms with Gasteiger partial charge in [-0.3, -0.25) is 4.79 Å². The fourth-order valence-corrected chi connectivity index (χ4v) is 1.27. The summed E-state index contributed by atoms with van der Waals surface area (Å²) < 4.78 is 76.0. The first-order valence-electron chi connectivity index (χ1n) is 4.13. The van der Waals surface area contributed by atoms with E-state index in [2.05, 4.69) is 0 Å². The summed E-state index contributed by atoms with van der Waals surface area (Å²) in [6.07, 6.45) is -5.47. The van der Waals surface area contributed by atoms with Crippen molar-refractivity contribution in [3.05, 3.63) is 28.6 Å². The Morgan fingerprint density at radius 2 is 1.53 bits per heavy atom. The van der Waals surface area contributed by atoms with Crippen molar-refractivity contribution >= 4 is 11.5 Å². The number of alkyl halides is 3. The Morgan fingerprint density at radius 1 is 1.06 bits per heavy atom. The molecule has 0 spiro atoms. The maximum Gasteiger partial charge on any atom is 0.422 e. The zero-order chi connectivity index (χ0) is 13.5. The van der Waals surface area contributed by atoms with Crippen molar-refractivity contribution in [3.8, 4) is 0 Å². The standard InChI is InChI=1S/C9H5F6NO/c1-2(17)3-5(10)4(9(13,14)15)6(11)7(12)8(3)16/h16H2,1H3. The van der Waals surface area contributed by atoms with Gasteiger partial charge in [0.05, 0.1) is 11.3 Å². The van der Waals surface area contributed by atoms with Crippen LogP contribution in [0.5, 0.6) is 0 Å². The number of benzene rings is 1. The summed E-state index contributed by atoms with van der Waals surface area (Å²) >= 11 is 0. The molecular formula is C9H5F6NO. The second-order valence-corrected chi connectivity index (χ2v) is 3.16. The number of hydrogen-bond acceptors (Lipinski definition) is 2. The van der Waals surface area contributed by atoms with Crippen molar-refractivity contribution in [2.24, 2.45) is 0 Å². The third kappa shape index (κ3) is 2.06. The molecule has 0 aliphatic heterocycles. The van der Waals surface area contributed by atoms with E-state index in [1.54, 1.807) is 0 Å². The molecule has 17 heavy (non-hydrogen) atoms. The number of carbonyl (C=O) groups excluding carboxylic acids is 1. The second-order valence-electron chi connectivity index (χ2n) is 3.16. The number of Topliss-reactive ketones (excluding diaryl/α,β-unsaturated/α-hetero) is 1. The van der Waals surface area contributed by atoms with E-state index in [4.69, 9.17) is 5.73 Å². The van der Waals surface area contributed by atoms with E-state index in [1.165, 1.54) is 0 Å². The van der Waals surface area contributed by atoms with Crippen LogP contribution in [0.25, 0.3) is 0 Å². The van der Waals surface area contributed by atoms with E-state index in [-0.39, 0.29) is 0 Å². The summed E-state index contributed by atoms with van der Waals surface area (Å²) in [4.78, 5) is 10.9. The average Bonchev–Trinajstić information content (AvgIpc) is 2.11. The molecule has 0 atom stereocenters. The summed E-state index contributed by atoms with van der Waals surface area (Å²) in [5.41, 5.74) is -0.196. The number of halogens is 6. The van der Waals surface area contributed by atoms with E-state index in [1.807, 2.05) is 0 Å². The zero-order valence-corrected chi connectivity index (χ0v) is 8.25. The van der Waals surface area contributed by atoms with Crippen LogP contribution in [0.2, 0.25) is 0 Å². The second kappa shape index (κ2) is 3.94. The molecule has 94 valence electrons. The van der Waals surface area contributed by atoms with Crippen LogP contribution in [0.4, 0.5) is 32.0 Å². The van der Waals surface area contributed by atoms with Gasteiger partial charge in [-0.2, -0.15) is 13.2 Å². The van der Waals surface area contributed by atoms with Crippen molar-refractivity contribution in [2.45, 2.75) is 13.1 Å². The molecule has 0 bridgehead atoms. The summed E-state index contributed by atoms with van der Waals surface area (Å²) in [6, 6.07) is 0. The third-order valence-electron chi connectivity index (χ3n) is 1.99. The van der Waals surface area contributed by atoms with Gasteiger partial charge in [-0.25, -0.2) is 13.2 Å². The van der Waals surface area contributed by atoms with Crippen LogP contribution in [0.15, 0.2) is 0 Å². The predicted octanol–water partition coefficient (Wildman–Crippen LogP) is 2.91. The van der Waals surface area contributed by atoms with Gasteiger partial charge in [0.25, 0.3) is 0 Å². The van der Waals surface area contributed by atoms with Crippen LogP contribution in [-0.4, -0.2) is 5.78 Å². The van der Waals surface area contributed by atoms with Gasteiger partial charge in [0.15, 0.2) is 23.2 Å². The number of nitrogen functional groups attached to an aromatic ring is 1. The van der Waals surface area contributed by atoms with Crippen LogP contribution in [0.1, 0.15) is 22.8 Å². The molecule has 0 saturated carbocycles. The van der Waals surface area contributed by atoms with Crippen molar-refractivity contribution in [1.29, 1.82) is 0 Å². The van der Waals surface area contributed by atoms with Gasteiger partial charge in [0.2, 0.25) is 0 Å². The van der Waals surface area contributed by atoms with Crippen molar-refractivity contribution in [2.75, 3.05) is 5.73 Å². The Balaban J connectivity index is 3.81. The molecule has 0 aliphatic rings. The molecule has 0 aliphatic carbocycles. The van der Waals surface area contributed by atoms with Crippen LogP contribution < -0.4 is 5.73 Å². The minimum Gasteiger partial charge on any atom is -0.396 e. The molecular weight excluding hydrogens is 252 g/mol. The lowest BCUT2D eigenvalue weighted by Gasteiger charge is -2.14. The van der Waals surface area contributed by atoms with E-state index in [9.17, 15) is 31.1 Å². The predicted molar refractivity (Wildman–Crippen MR) is 45.7 cm³/mol. The minimum atomic E-state index is -5.47. The van der Waals surface area contributed by atoms with Gasteiger partial charge < -0.3 is 5.73 Å². The SMILES string of the molecule is CC(=O)c1c(N)c(F)c(F)c(C(F)(F)F)c1F. The molecule has 1 aromatic rings. The van der Waals surface area contributed by atoms with Gasteiger partial charge in [-0.05, 0) is 6.92 Å². The maximum absolute atomic E-state index is 13.3. The van der Waals surface area contributed by atoms with E-state index in [0.717, 1.165) is 0 Å². The van der Waals surface area contributed by atoms with Gasteiger partial charge in [-0.15, -0.1) is 0 Å². The molecule has 2 N–H and O–H groups in total. The molecule has 0 amide bonds. The Bertz CT molecular complexity index is 493. The summed E-state index contributed by atoms with van der Waals surface area (Å²) in [5, 5.41) is 0. The molecule has 0 heterocycles. The number of ketones is 1. The lowest BCUT2D eigenvalue weighted by Crippen LogP contribution is -2.18. The number of carbonyl (C=O) groups is 1. The summed E-state index contributed by atoms with van der Waals surface area (Å²) in [5.74, 6) is -7.99. The zero-order valence-electron chi connectivity index (χ0n) is 8.25. The molecule has 0 unspecified atom stereocenters. The van der Waals surface area contributed by atoms with Gasteiger partial charge >= 0.3 is 6.18 Å². The molecule has 2 nitrogen and oxygen atoms in total. The van der Waals surface area contributed by atoms with Gasteiger partial charge in [0, 0.05) is 0 Å². The number of rotatable bonds is 1. The minimum absolute atomic E-state index is 0.687. The van der Waals surface area contributed by atoms with E-state index >= 15 is 0 Å². The fraction of sp³-hybridized carbons (Fsp3) is 0.222. The van der Waals surface area contributed by atoms with Crippen LogP contribution in [-0.2, 0) is 6.18 Å². The molecule has 1 aromatic carbocycles. The topological polar surface area (TPSA) is 43.1 Å². The molecule has 0 radical (unpaired) electrons. The Hall–Kier alpha value is -1.73. The third-order valence-corrected chi connectivity index (χ3v) is 1.99. The van der Waals surface area contributed by atoms with Crippen LogP contribution in [0, 0.1) is 17.5 Å². The lowest BCUT2D eigenvalue weighted by molar-refractivity contribution is -0.142. The van der Waals surface area contributed by atoms with Gasteiger partial charge in [-0.1, -0.05) is 0 Å². The molecule has 0 fully saturated rings. The van der Waals surface area contributed by atoms with Crippen LogP contribution in [0.3, 0.4) is 0 Å². The smallest absolute Gasteiger partial charge is 0.396 e. The first-order valence-corrected chi connectivity index (χ1v) is 4.13. The summed E-state index contributed by atoms with van der Waals surface area (Å²) in [6.45, 7) is 0.687. The lowest BCUT2D eigenvalue weighted by atomic mass is 10.0. The summed E-state index contributed by atoms with van der Waals surface area (Å²) in [7, 11) is 0. The first kappa shape index (κ1) is 13.3. The first-order chi connectivity index (χ1) is 7.59. The van der Waals surface area contributed by atoms with Crippen molar-refractivity contribution in [3.63, 3.8) is 0 Å².